The summed E-state index contributed by atoms with van der Waals surface area (Å²) in [6.07, 6.45) is 0.673. The zero-order valence-corrected chi connectivity index (χ0v) is 18.5. The fourth-order valence-corrected chi connectivity index (χ4v) is 3.22. The van der Waals surface area contributed by atoms with Crippen LogP contribution in [-0.4, -0.2) is 40.5 Å². The first-order valence-electron chi connectivity index (χ1n) is 8.43. The third kappa shape index (κ3) is 7.70. The lowest BCUT2D eigenvalue weighted by molar-refractivity contribution is -0.159. The largest absolute Gasteiger partial charge is 0.459 e. The smallest absolute Gasteiger partial charge is 0.344 e. The van der Waals surface area contributed by atoms with Crippen molar-refractivity contribution in [3.05, 3.63) is 46.5 Å². The minimum absolute atomic E-state index is 0.161. The average molecular weight is 484 g/mol. The van der Waals surface area contributed by atoms with Gasteiger partial charge in [0.1, 0.15) is 12.2 Å². The maximum atomic E-state index is 12.2. The lowest BCUT2D eigenvalue weighted by Gasteiger charge is -2.24. The van der Waals surface area contributed by atoms with Crippen molar-refractivity contribution < 1.29 is 28.6 Å². The van der Waals surface area contributed by atoms with E-state index >= 15 is 0 Å². The molecule has 0 spiro atoms. The molecule has 1 aromatic carbocycles. The monoisotopic (exact) mass is 482 g/mol. The molecular formula is C19H18Cl4O6. The summed E-state index contributed by atoms with van der Waals surface area (Å²) < 4.78 is 13.1. The van der Waals surface area contributed by atoms with E-state index in [1.807, 2.05) is 12.1 Å². The summed E-state index contributed by atoms with van der Waals surface area (Å²) >= 11 is 22.3. The van der Waals surface area contributed by atoms with Crippen LogP contribution >= 0.6 is 46.4 Å². The third-order valence-corrected chi connectivity index (χ3v) is 4.58. The zero-order chi connectivity index (χ0) is 21.8. The van der Waals surface area contributed by atoms with E-state index < -0.39 is 40.5 Å². The van der Waals surface area contributed by atoms with E-state index in [0.717, 1.165) is 11.1 Å². The molecule has 1 aliphatic rings. The fourth-order valence-electron chi connectivity index (χ4n) is 2.86. The SMILES string of the molecule is C=C(CC(=O)OC1(C)Cc2ccc(Cl)cc2C1)C(=O)OCC(=O)OCC(Cl)(Cl)Cl. The van der Waals surface area contributed by atoms with Crippen molar-refractivity contribution in [3.8, 4) is 0 Å². The second kappa shape index (κ2) is 9.56. The van der Waals surface area contributed by atoms with Gasteiger partial charge in [0.25, 0.3) is 0 Å². The van der Waals surface area contributed by atoms with Crippen molar-refractivity contribution in [1.29, 1.82) is 0 Å². The number of esters is 3. The molecule has 10 heteroatoms. The van der Waals surface area contributed by atoms with Gasteiger partial charge in [-0.2, -0.15) is 0 Å². The predicted octanol–water partition coefficient (Wildman–Crippen LogP) is 4.14. The maximum Gasteiger partial charge on any atom is 0.344 e. The van der Waals surface area contributed by atoms with Crippen LogP contribution in [0.2, 0.25) is 5.02 Å². The van der Waals surface area contributed by atoms with Crippen molar-refractivity contribution in [2.75, 3.05) is 13.2 Å². The van der Waals surface area contributed by atoms with Crippen LogP contribution in [0.4, 0.5) is 0 Å². The highest BCUT2D eigenvalue weighted by atomic mass is 35.6. The summed E-state index contributed by atoms with van der Waals surface area (Å²) in [6.45, 7) is 4.10. The Kier molecular flexibility index (Phi) is 7.85. The zero-order valence-electron chi connectivity index (χ0n) is 15.4. The van der Waals surface area contributed by atoms with Crippen LogP contribution in [0, 0.1) is 0 Å². The molecule has 1 atom stereocenters. The minimum atomic E-state index is -1.77. The summed E-state index contributed by atoms with van der Waals surface area (Å²) in [6, 6.07) is 5.52. The fraction of sp³-hybridized carbons (Fsp3) is 0.421. The van der Waals surface area contributed by atoms with E-state index in [1.54, 1.807) is 13.0 Å². The lowest BCUT2D eigenvalue weighted by atomic mass is 10.0. The Labute approximate surface area is 188 Å². The summed E-state index contributed by atoms with van der Waals surface area (Å²) in [5.41, 5.74) is 1.16. The van der Waals surface area contributed by atoms with Gasteiger partial charge in [0.2, 0.25) is 3.79 Å². The number of benzene rings is 1. The van der Waals surface area contributed by atoms with Gasteiger partial charge in [-0.1, -0.05) is 59.0 Å². The Morgan fingerprint density at radius 3 is 2.41 bits per heavy atom. The number of fused-ring (bicyclic) bond motifs is 1. The molecule has 6 nitrogen and oxygen atoms in total. The molecule has 158 valence electrons. The van der Waals surface area contributed by atoms with Crippen molar-refractivity contribution in [3.63, 3.8) is 0 Å². The number of hydrogen-bond donors (Lipinski definition) is 0. The number of carbonyl (C=O) groups is 3. The van der Waals surface area contributed by atoms with Gasteiger partial charge in [-0.25, -0.2) is 9.59 Å². The first-order chi connectivity index (χ1) is 13.4. The minimum Gasteiger partial charge on any atom is -0.459 e. The molecule has 0 saturated heterocycles. The summed E-state index contributed by atoms with van der Waals surface area (Å²) in [5, 5.41) is 0.614. The van der Waals surface area contributed by atoms with E-state index in [1.165, 1.54) is 0 Å². The molecule has 0 bridgehead atoms. The van der Waals surface area contributed by atoms with Gasteiger partial charge in [0.05, 0.1) is 6.42 Å². The number of carbonyl (C=O) groups excluding carboxylic acids is 3. The van der Waals surface area contributed by atoms with Crippen molar-refractivity contribution >= 4 is 64.3 Å². The number of halogens is 4. The number of rotatable bonds is 7. The molecule has 0 fully saturated rings. The molecule has 0 heterocycles. The highest BCUT2D eigenvalue weighted by molar-refractivity contribution is 6.67. The standard InChI is InChI=1S/C19H18Cl4O6/c1-11(17(26)27-9-16(25)28-10-19(21,22)23)5-15(24)29-18(2)7-12-3-4-14(20)6-13(12)8-18/h3-4,6H,1,5,7-10H2,2H3. The predicted molar refractivity (Wildman–Crippen MR) is 109 cm³/mol. The van der Waals surface area contributed by atoms with Gasteiger partial charge >= 0.3 is 17.9 Å². The summed E-state index contributed by atoms with van der Waals surface area (Å²) in [4.78, 5) is 35.6. The summed E-state index contributed by atoms with van der Waals surface area (Å²) in [5.74, 6) is -2.47. The molecule has 0 aliphatic heterocycles. The molecule has 0 saturated carbocycles. The van der Waals surface area contributed by atoms with Crippen molar-refractivity contribution in [1.82, 2.24) is 0 Å². The van der Waals surface area contributed by atoms with Gasteiger partial charge in [0.15, 0.2) is 6.61 Å². The van der Waals surface area contributed by atoms with Crippen LogP contribution in [-0.2, 0) is 41.4 Å². The molecule has 1 unspecified atom stereocenters. The first kappa shape index (κ1) is 23.8. The molecule has 0 aromatic heterocycles. The molecule has 1 aliphatic carbocycles. The quantitative estimate of drug-likeness (QED) is 0.251. The van der Waals surface area contributed by atoms with E-state index in [-0.39, 0.29) is 12.0 Å². The first-order valence-corrected chi connectivity index (χ1v) is 9.94. The van der Waals surface area contributed by atoms with Crippen LogP contribution in [0.1, 0.15) is 24.5 Å². The van der Waals surface area contributed by atoms with E-state index in [0.29, 0.717) is 17.9 Å². The normalized spacial score (nSPS) is 18.0. The highest BCUT2D eigenvalue weighted by Crippen LogP contribution is 2.34. The Bertz CT molecular complexity index is 832. The van der Waals surface area contributed by atoms with Gasteiger partial charge < -0.3 is 14.2 Å². The molecule has 0 radical (unpaired) electrons. The van der Waals surface area contributed by atoms with Gasteiger partial charge in [-0.05, 0) is 30.2 Å². The van der Waals surface area contributed by atoms with E-state index in [4.69, 9.17) is 55.9 Å². The van der Waals surface area contributed by atoms with Crippen LogP contribution in [0.3, 0.4) is 0 Å². The number of hydrogen-bond acceptors (Lipinski definition) is 6. The third-order valence-electron chi connectivity index (χ3n) is 4.02. The molecule has 2 rings (SSSR count). The topological polar surface area (TPSA) is 78.9 Å². The number of ether oxygens (including phenoxy) is 3. The van der Waals surface area contributed by atoms with Crippen LogP contribution < -0.4 is 0 Å². The van der Waals surface area contributed by atoms with Gasteiger partial charge in [-0.15, -0.1) is 0 Å². The molecule has 1 aromatic rings. The van der Waals surface area contributed by atoms with Crippen molar-refractivity contribution in [2.24, 2.45) is 0 Å². The lowest BCUT2D eigenvalue weighted by Crippen LogP contribution is -2.33. The van der Waals surface area contributed by atoms with Crippen LogP contribution in [0.5, 0.6) is 0 Å². The van der Waals surface area contributed by atoms with Crippen LogP contribution in [0.15, 0.2) is 30.4 Å². The molecular weight excluding hydrogens is 466 g/mol. The summed E-state index contributed by atoms with van der Waals surface area (Å²) in [7, 11) is 0. The van der Waals surface area contributed by atoms with Gasteiger partial charge in [-0.3, -0.25) is 4.79 Å². The molecule has 0 N–H and O–H groups in total. The van der Waals surface area contributed by atoms with E-state index in [9.17, 15) is 14.4 Å². The Morgan fingerprint density at radius 2 is 1.76 bits per heavy atom. The van der Waals surface area contributed by atoms with Crippen LogP contribution in [0.25, 0.3) is 0 Å². The van der Waals surface area contributed by atoms with Gasteiger partial charge in [0, 0.05) is 23.4 Å². The second-order valence-corrected chi connectivity index (χ2v) is 9.78. The van der Waals surface area contributed by atoms with E-state index in [2.05, 4.69) is 11.3 Å². The average Bonchev–Trinajstić information content (AvgIpc) is 2.91. The second-order valence-electron chi connectivity index (χ2n) is 6.82. The van der Waals surface area contributed by atoms with Crippen molar-refractivity contribution in [2.45, 2.75) is 35.6 Å². The Balaban J connectivity index is 1.78. The molecule has 29 heavy (non-hydrogen) atoms. The number of alkyl halides is 3. The highest BCUT2D eigenvalue weighted by Gasteiger charge is 2.36. The Morgan fingerprint density at radius 1 is 1.10 bits per heavy atom. The molecule has 0 amide bonds. The Hall–Kier alpha value is -1.47. The maximum absolute atomic E-state index is 12.2.